The van der Waals surface area contributed by atoms with Crippen molar-refractivity contribution >= 4 is 0 Å². The first kappa shape index (κ1) is 17.9. The standard InChI is InChI=1S/C19H31NO/c1-16(7-6-12-20-13-14-21-5)15-17-8-10-18(11-9-17)19(2,3)4/h7-11,20H,6,12-15H2,1-5H3. The lowest BCUT2D eigenvalue weighted by molar-refractivity contribution is 0.199. The average molecular weight is 289 g/mol. The summed E-state index contributed by atoms with van der Waals surface area (Å²) in [6, 6.07) is 9.04. The SMILES string of the molecule is COCCNCCC=C(C)Cc1ccc(C(C)(C)C)cc1. The van der Waals surface area contributed by atoms with Crippen LogP contribution in [-0.4, -0.2) is 26.8 Å². The zero-order valence-corrected chi connectivity index (χ0v) is 14.3. The highest BCUT2D eigenvalue weighted by Gasteiger charge is 2.12. The number of allylic oxidation sites excluding steroid dienone is 1. The van der Waals surface area contributed by atoms with Crippen LogP contribution in [0.3, 0.4) is 0 Å². The predicted octanol–water partition coefficient (Wildman–Crippen LogP) is 4.10. The third-order valence-electron chi connectivity index (χ3n) is 3.60. The Bertz CT molecular complexity index is 426. The molecule has 0 unspecified atom stereocenters. The topological polar surface area (TPSA) is 21.3 Å². The van der Waals surface area contributed by atoms with Crippen molar-refractivity contribution < 1.29 is 4.74 Å². The van der Waals surface area contributed by atoms with Crippen LogP contribution >= 0.6 is 0 Å². The molecule has 1 N–H and O–H groups in total. The van der Waals surface area contributed by atoms with Crippen LogP contribution in [0.2, 0.25) is 0 Å². The van der Waals surface area contributed by atoms with E-state index in [4.69, 9.17) is 4.74 Å². The second kappa shape index (κ2) is 9.01. The summed E-state index contributed by atoms with van der Waals surface area (Å²) in [6.07, 6.45) is 4.45. The molecule has 0 heterocycles. The molecule has 0 bridgehead atoms. The largest absolute Gasteiger partial charge is 0.383 e. The zero-order valence-electron chi connectivity index (χ0n) is 14.3. The zero-order chi connectivity index (χ0) is 15.7. The van der Waals surface area contributed by atoms with Gasteiger partial charge < -0.3 is 10.1 Å². The molecule has 0 radical (unpaired) electrons. The maximum absolute atomic E-state index is 5.00. The molecule has 0 saturated heterocycles. The van der Waals surface area contributed by atoms with Crippen molar-refractivity contribution in [3.63, 3.8) is 0 Å². The summed E-state index contributed by atoms with van der Waals surface area (Å²) in [5.41, 5.74) is 4.46. The van der Waals surface area contributed by atoms with Gasteiger partial charge in [0.15, 0.2) is 0 Å². The third-order valence-corrected chi connectivity index (χ3v) is 3.60. The van der Waals surface area contributed by atoms with E-state index in [1.54, 1.807) is 7.11 Å². The molecule has 0 spiro atoms. The Kier molecular flexibility index (Phi) is 7.69. The highest BCUT2D eigenvalue weighted by molar-refractivity contribution is 5.29. The fourth-order valence-electron chi connectivity index (χ4n) is 2.24. The van der Waals surface area contributed by atoms with E-state index in [0.717, 1.165) is 32.5 Å². The quantitative estimate of drug-likeness (QED) is 0.574. The lowest BCUT2D eigenvalue weighted by atomic mass is 9.86. The molecule has 118 valence electrons. The second-order valence-corrected chi connectivity index (χ2v) is 6.71. The van der Waals surface area contributed by atoms with Gasteiger partial charge in [-0.3, -0.25) is 0 Å². The third kappa shape index (κ3) is 7.45. The number of hydrogen-bond donors (Lipinski definition) is 1. The van der Waals surface area contributed by atoms with Crippen molar-refractivity contribution in [1.29, 1.82) is 0 Å². The maximum Gasteiger partial charge on any atom is 0.0587 e. The van der Waals surface area contributed by atoms with Crippen LogP contribution in [0.4, 0.5) is 0 Å². The number of hydrogen-bond acceptors (Lipinski definition) is 2. The van der Waals surface area contributed by atoms with Crippen molar-refractivity contribution in [3.8, 4) is 0 Å². The Morgan fingerprint density at radius 3 is 2.38 bits per heavy atom. The molecule has 21 heavy (non-hydrogen) atoms. The summed E-state index contributed by atoms with van der Waals surface area (Å²) in [5, 5.41) is 3.36. The van der Waals surface area contributed by atoms with Gasteiger partial charge >= 0.3 is 0 Å². The van der Waals surface area contributed by atoms with Gasteiger partial charge in [0.25, 0.3) is 0 Å². The molecule has 2 nitrogen and oxygen atoms in total. The molecule has 0 aliphatic carbocycles. The van der Waals surface area contributed by atoms with Crippen molar-refractivity contribution in [3.05, 3.63) is 47.0 Å². The van der Waals surface area contributed by atoms with Gasteiger partial charge in [0.05, 0.1) is 6.61 Å². The molecule has 0 aromatic heterocycles. The molecule has 1 rings (SSSR count). The molecule has 0 aliphatic heterocycles. The number of rotatable bonds is 8. The lowest BCUT2D eigenvalue weighted by Gasteiger charge is -2.19. The van der Waals surface area contributed by atoms with Crippen molar-refractivity contribution in [2.45, 2.75) is 46.0 Å². The normalized spacial score (nSPS) is 12.7. The molecule has 0 atom stereocenters. The molecule has 0 fully saturated rings. The second-order valence-electron chi connectivity index (χ2n) is 6.71. The molecular formula is C19H31NO. The first-order valence-electron chi connectivity index (χ1n) is 7.88. The van der Waals surface area contributed by atoms with Crippen LogP contribution in [0.25, 0.3) is 0 Å². The van der Waals surface area contributed by atoms with Gasteiger partial charge in [0, 0.05) is 13.7 Å². The number of ether oxygens (including phenoxy) is 1. The van der Waals surface area contributed by atoms with E-state index in [1.165, 1.54) is 16.7 Å². The van der Waals surface area contributed by atoms with Crippen molar-refractivity contribution in [2.75, 3.05) is 26.8 Å². The first-order chi connectivity index (χ1) is 9.93. The van der Waals surface area contributed by atoms with Gasteiger partial charge in [-0.1, -0.05) is 56.7 Å². The summed E-state index contributed by atoms with van der Waals surface area (Å²) < 4.78 is 5.00. The summed E-state index contributed by atoms with van der Waals surface area (Å²) in [6.45, 7) is 11.7. The number of benzene rings is 1. The summed E-state index contributed by atoms with van der Waals surface area (Å²) >= 11 is 0. The van der Waals surface area contributed by atoms with Gasteiger partial charge in [-0.15, -0.1) is 0 Å². The average Bonchev–Trinajstić information content (AvgIpc) is 2.42. The van der Waals surface area contributed by atoms with Crippen molar-refractivity contribution in [2.24, 2.45) is 0 Å². The summed E-state index contributed by atoms with van der Waals surface area (Å²) in [4.78, 5) is 0. The lowest BCUT2D eigenvalue weighted by Crippen LogP contribution is -2.19. The Balaban J connectivity index is 2.38. The molecule has 0 aliphatic rings. The van der Waals surface area contributed by atoms with Crippen LogP contribution in [0, 0.1) is 0 Å². The first-order valence-corrected chi connectivity index (χ1v) is 7.88. The van der Waals surface area contributed by atoms with Crippen LogP contribution in [0.1, 0.15) is 45.2 Å². The van der Waals surface area contributed by atoms with Gasteiger partial charge in [0.2, 0.25) is 0 Å². The van der Waals surface area contributed by atoms with E-state index < -0.39 is 0 Å². The minimum atomic E-state index is 0.233. The number of nitrogens with one attached hydrogen (secondary N) is 1. The molecule has 1 aromatic carbocycles. The van der Waals surface area contributed by atoms with E-state index >= 15 is 0 Å². The minimum Gasteiger partial charge on any atom is -0.383 e. The van der Waals surface area contributed by atoms with E-state index in [2.05, 4.69) is 63.4 Å². The fraction of sp³-hybridized carbons (Fsp3) is 0.579. The fourth-order valence-corrected chi connectivity index (χ4v) is 2.24. The van der Waals surface area contributed by atoms with Gasteiger partial charge in [-0.25, -0.2) is 0 Å². The van der Waals surface area contributed by atoms with Gasteiger partial charge in [-0.2, -0.15) is 0 Å². The minimum absolute atomic E-state index is 0.233. The molecule has 0 saturated carbocycles. The molecule has 2 heteroatoms. The smallest absolute Gasteiger partial charge is 0.0587 e. The van der Waals surface area contributed by atoms with E-state index in [9.17, 15) is 0 Å². The van der Waals surface area contributed by atoms with Gasteiger partial charge in [0.1, 0.15) is 0 Å². The van der Waals surface area contributed by atoms with Gasteiger partial charge in [-0.05, 0) is 42.9 Å². The Labute approximate surface area is 130 Å². The molecular weight excluding hydrogens is 258 g/mol. The predicted molar refractivity (Wildman–Crippen MR) is 92.0 cm³/mol. The Morgan fingerprint density at radius 1 is 1.14 bits per heavy atom. The highest BCUT2D eigenvalue weighted by Crippen LogP contribution is 2.22. The Hall–Kier alpha value is -1.12. The van der Waals surface area contributed by atoms with E-state index in [0.29, 0.717) is 0 Å². The van der Waals surface area contributed by atoms with Crippen LogP contribution in [-0.2, 0) is 16.6 Å². The monoisotopic (exact) mass is 289 g/mol. The summed E-state index contributed by atoms with van der Waals surface area (Å²) in [5.74, 6) is 0. The van der Waals surface area contributed by atoms with Crippen LogP contribution in [0.5, 0.6) is 0 Å². The maximum atomic E-state index is 5.00. The van der Waals surface area contributed by atoms with Crippen LogP contribution < -0.4 is 5.32 Å². The van der Waals surface area contributed by atoms with Crippen molar-refractivity contribution in [1.82, 2.24) is 5.32 Å². The highest BCUT2D eigenvalue weighted by atomic mass is 16.5. The van der Waals surface area contributed by atoms with E-state index in [-0.39, 0.29) is 5.41 Å². The molecule has 1 aromatic rings. The summed E-state index contributed by atoms with van der Waals surface area (Å²) in [7, 11) is 1.73. The molecule has 0 amide bonds. The number of methoxy groups -OCH3 is 1. The Morgan fingerprint density at radius 2 is 1.81 bits per heavy atom. The van der Waals surface area contributed by atoms with Crippen LogP contribution in [0.15, 0.2) is 35.9 Å². The van der Waals surface area contributed by atoms with E-state index in [1.807, 2.05) is 0 Å².